The van der Waals surface area contributed by atoms with Crippen LogP contribution in [-0.2, 0) is 9.53 Å². The number of hydrogen-bond acceptors (Lipinski definition) is 3. The monoisotopic (exact) mass is 238 g/mol. The van der Waals surface area contributed by atoms with Gasteiger partial charge in [0.1, 0.15) is 0 Å². The van der Waals surface area contributed by atoms with Crippen LogP contribution in [0.4, 0.5) is 0 Å². The summed E-state index contributed by atoms with van der Waals surface area (Å²) < 4.78 is 5.76. The Balaban J connectivity index is 1.89. The molecule has 0 bridgehead atoms. The van der Waals surface area contributed by atoms with Crippen molar-refractivity contribution in [2.24, 2.45) is 0 Å². The Kier molecular flexibility index (Phi) is 4.57. The van der Waals surface area contributed by atoms with E-state index in [1.54, 1.807) is 6.08 Å². The predicted octanol–water partition coefficient (Wildman–Crippen LogP) is 0.932. The highest BCUT2D eigenvalue weighted by Crippen LogP contribution is 2.28. The van der Waals surface area contributed by atoms with Crippen molar-refractivity contribution in [1.29, 1.82) is 0 Å². The zero-order valence-corrected chi connectivity index (χ0v) is 10.4. The maximum Gasteiger partial charge on any atom is 0.236 e. The molecule has 2 aliphatic rings. The van der Waals surface area contributed by atoms with Crippen molar-refractivity contribution >= 4 is 5.91 Å². The van der Waals surface area contributed by atoms with E-state index in [0.29, 0.717) is 25.7 Å². The third-order valence-corrected chi connectivity index (χ3v) is 3.62. The van der Waals surface area contributed by atoms with E-state index in [1.807, 2.05) is 4.90 Å². The number of amides is 1. The molecule has 96 valence electrons. The summed E-state index contributed by atoms with van der Waals surface area (Å²) in [5, 5.41) is 3.08. The van der Waals surface area contributed by atoms with Gasteiger partial charge in [-0.1, -0.05) is 18.9 Å². The first-order valence-electron chi connectivity index (χ1n) is 6.55. The predicted molar refractivity (Wildman–Crippen MR) is 66.8 cm³/mol. The summed E-state index contributed by atoms with van der Waals surface area (Å²) in [6.45, 7) is 6.16. The molecule has 1 amide bonds. The molecule has 0 aromatic rings. The number of nitrogens with zero attached hydrogens (tertiary/aromatic N) is 1. The minimum absolute atomic E-state index is 0.201. The third-order valence-electron chi connectivity index (χ3n) is 3.62. The zero-order chi connectivity index (χ0) is 12.1. The first-order chi connectivity index (χ1) is 8.33. The number of carbonyl (C=O) groups excluding carboxylic acids is 1. The Morgan fingerprint density at radius 2 is 2.29 bits per heavy atom. The van der Waals surface area contributed by atoms with Gasteiger partial charge in [-0.2, -0.15) is 0 Å². The van der Waals surface area contributed by atoms with E-state index in [-0.39, 0.29) is 12.0 Å². The molecule has 1 aliphatic carbocycles. The smallest absolute Gasteiger partial charge is 0.236 e. The van der Waals surface area contributed by atoms with Gasteiger partial charge in [-0.25, -0.2) is 0 Å². The lowest BCUT2D eigenvalue weighted by molar-refractivity contribution is -0.148. The van der Waals surface area contributed by atoms with Crippen molar-refractivity contribution in [3.05, 3.63) is 12.7 Å². The van der Waals surface area contributed by atoms with Crippen LogP contribution in [0.1, 0.15) is 25.7 Å². The number of hydrogen-bond donors (Lipinski definition) is 1. The molecular formula is C13H22N2O2. The van der Waals surface area contributed by atoms with E-state index in [0.717, 1.165) is 19.4 Å². The van der Waals surface area contributed by atoms with Gasteiger partial charge in [0.25, 0.3) is 0 Å². The van der Waals surface area contributed by atoms with Crippen LogP contribution >= 0.6 is 0 Å². The van der Waals surface area contributed by atoms with Gasteiger partial charge >= 0.3 is 0 Å². The molecule has 2 atom stereocenters. The molecule has 1 N–H and O–H groups in total. The van der Waals surface area contributed by atoms with Gasteiger partial charge in [0.2, 0.25) is 5.91 Å². The fraction of sp³-hybridized carbons (Fsp3) is 0.769. The molecule has 1 saturated heterocycles. The average molecular weight is 238 g/mol. The Bertz CT molecular complexity index is 279. The van der Waals surface area contributed by atoms with E-state index in [9.17, 15) is 4.79 Å². The van der Waals surface area contributed by atoms with E-state index < -0.39 is 0 Å². The number of fused-ring (bicyclic) bond motifs is 1. The fourth-order valence-electron chi connectivity index (χ4n) is 2.79. The highest BCUT2D eigenvalue weighted by Gasteiger charge is 2.36. The summed E-state index contributed by atoms with van der Waals surface area (Å²) in [6, 6.07) is 0.315. The number of rotatable bonds is 4. The second-order valence-corrected chi connectivity index (χ2v) is 4.77. The lowest BCUT2D eigenvalue weighted by Gasteiger charge is -2.43. The highest BCUT2D eigenvalue weighted by atomic mass is 16.5. The van der Waals surface area contributed by atoms with E-state index in [4.69, 9.17) is 4.74 Å². The van der Waals surface area contributed by atoms with Crippen LogP contribution in [0.15, 0.2) is 12.7 Å². The summed E-state index contributed by atoms with van der Waals surface area (Å²) in [4.78, 5) is 14.1. The summed E-state index contributed by atoms with van der Waals surface area (Å²) in [5.74, 6) is 0.201. The molecule has 0 radical (unpaired) electrons. The van der Waals surface area contributed by atoms with Crippen molar-refractivity contribution in [3.63, 3.8) is 0 Å². The fourth-order valence-corrected chi connectivity index (χ4v) is 2.79. The quantitative estimate of drug-likeness (QED) is 0.585. The molecule has 1 aliphatic heterocycles. The Labute approximate surface area is 103 Å². The molecule has 1 heterocycles. The van der Waals surface area contributed by atoms with Crippen LogP contribution in [0, 0.1) is 0 Å². The number of morpholine rings is 1. The minimum atomic E-state index is 0.201. The summed E-state index contributed by atoms with van der Waals surface area (Å²) in [7, 11) is 0. The van der Waals surface area contributed by atoms with E-state index in [1.165, 1.54) is 12.8 Å². The number of nitrogens with one attached hydrogen (secondary N) is 1. The van der Waals surface area contributed by atoms with Crippen LogP contribution in [0.25, 0.3) is 0 Å². The van der Waals surface area contributed by atoms with Gasteiger partial charge in [-0.15, -0.1) is 6.58 Å². The molecule has 17 heavy (non-hydrogen) atoms. The molecule has 2 fully saturated rings. The average Bonchev–Trinajstić information content (AvgIpc) is 2.38. The van der Waals surface area contributed by atoms with Gasteiger partial charge in [0.05, 0.1) is 25.3 Å². The van der Waals surface area contributed by atoms with Gasteiger partial charge in [0.15, 0.2) is 0 Å². The van der Waals surface area contributed by atoms with Crippen molar-refractivity contribution in [1.82, 2.24) is 10.2 Å². The SMILES string of the molecule is C=CCNCC(=O)N1CCOC2CCCCC21. The largest absolute Gasteiger partial charge is 0.374 e. The van der Waals surface area contributed by atoms with Crippen molar-refractivity contribution in [2.75, 3.05) is 26.2 Å². The maximum atomic E-state index is 12.1. The van der Waals surface area contributed by atoms with E-state index >= 15 is 0 Å². The molecule has 2 unspecified atom stereocenters. The van der Waals surface area contributed by atoms with Gasteiger partial charge in [-0.3, -0.25) is 4.79 Å². The minimum Gasteiger partial charge on any atom is -0.374 e. The summed E-state index contributed by atoms with van der Waals surface area (Å²) >= 11 is 0. The van der Waals surface area contributed by atoms with Crippen LogP contribution in [0.5, 0.6) is 0 Å². The topological polar surface area (TPSA) is 41.6 Å². The molecule has 1 saturated carbocycles. The van der Waals surface area contributed by atoms with Crippen molar-refractivity contribution in [3.8, 4) is 0 Å². The summed E-state index contributed by atoms with van der Waals surface area (Å²) in [5.41, 5.74) is 0. The molecule has 4 nitrogen and oxygen atoms in total. The van der Waals surface area contributed by atoms with Crippen LogP contribution in [0.2, 0.25) is 0 Å². The molecule has 2 rings (SSSR count). The maximum absolute atomic E-state index is 12.1. The molecule has 0 spiro atoms. The highest BCUT2D eigenvalue weighted by molar-refractivity contribution is 5.78. The molecule has 0 aromatic carbocycles. The Morgan fingerprint density at radius 1 is 1.47 bits per heavy atom. The lowest BCUT2D eigenvalue weighted by Crippen LogP contribution is -2.56. The lowest BCUT2D eigenvalue weighted by atomic mass is 9.90. The number of carbonyl (C=O) groups is 1. The second kappa shape index (κ2) is 6.17. The Morgan fingerprint density at radius 3 is 3.12 bits per heavy atom. The van der Waals surface area contributed by atoms with Crippen LogP contribution in [-0.4, -0.2) is 49.2 Å². The van der Waals surface area contributed by atoms with Crippen molar-refractivity contribution < 1.29 is 9.53 Å². The van der Waals surface area contributed by atoms with Crippen molar-refractivity contribution in [2.45, 2.75) is 37.8 Å². The summed E-state index contributed by atoms with van der Waals surface area (Å²) in [6.07, 6.45) is 6.70. The molecule has 4 heteroatoms. The first-order valence-corrected chi connectivity index (χ1v) is 6.55. The molecular weight excluding hydrogens is 216 g/mol. The second-order valence-electron chi connectivity index (χ2n) is 4.77. The zero-order valence-electron chi connectivity index (χ0n) is 10.4. The van der Waals surface area contributed by atoms with Crippen LogP contribution in [0.3, 0.4) is 0 Å². The van der Waals surface area contributed by atoms with E-state index in [2.05, 4.69) is 11.9 Å². The van der Waals surface area contributed by atoms with Gasteiger partial charge in [0, 0.05) is 13.1 Å². The third kappa shape index (κ3) is 3.07. The normalized spacial score (nSPS) is 28.6. The molecule has 0 aromatic heterocycles. The standard InChI is InChI=1S/C13H22N2O2/c1-2-7-14-10-13(16)15-8-9-17-12-6-4-3-5-11(12)15/h2,11-12,14H,1,3-10H2. The Hall–Kier alpha value is -0.870. The number of ether oxygens (including phenoxy) is 1. The van der Waals surface area contributed by atoms with Gasteiger partial charge in [-0.05, 0) is 12.8 Å². The first kappa shape index (κ1) is 12.6. The van der Waals surface area contributed by atoms with Crippen LogP contribution < -0.4 is 5.32 Å². The van der Waals surface area contributed by atoms with Gasteiger partial charge < -0.3 is 15.0 Å².